The average molecular weight is 291 g/mol. The molecule has 0 amide bonds. The third kappa shape index (κ3) is 3.76. The fraction of sp³-hybridized carbons (Fsp3) is 0.636. The normalized spacial score (nSPS) is 12.3. The summed E-state index contributed by atoms with van der Waals surface area (Å²) in [6.07, 6.45) is 0. The molecule has 0 atom stereocenters. The zero-order chi connectivity index (χ0) is 13.8. The van der Waals surface area contributed by atoms with E-state index in [-0.39, 0.29) is 6.54 Å². The molecule has 1 heterocycles. The van der Waals surface area contributed by atoms with Crippen LogP contribution in [0.15, 0.2) is 10.3 Å². The molecule has 0 saturated carbocycles. The fourth-order valence-electron chi connectivity index (χ4n) is 1.59. The van der Waals surface area contributed by atoms with E-state index < -0.39 is 10.0 Å². The number of rotatable bonds is 7. The highest BCUT2D eigenvalue weighted by molar-refractivity contribution is 7.89. The Morgan fingerprint density at radius 1 is 1.50 bits per heavy atom. The van der Waals surface area contributed by atoms with E-state index in [1.54, 1.807) is 6.92 Å². The van der Waals surface area contributed by atoms with Crippen LogP contribution in [0, 0.1) is 6.92 Å². The molecule has 0 aromatic carbocycles. The van der Waals surface area contributed by atoms with E-state index >= 15 is 0 Å². The quantitative estimate of drug-likeness (QED) is 0.777. The van der Waals surface area contributed by atoms with Crippen molar-refractivity contribution in [3.05, 3.63) is 15.8 Å². The van der Waals surface area contributed by atoms with E-state index in [1.807, 2.05) is 24.3 Å². The van der Waals surface area contributed by atoms with Gasteiger partial charge in [-0.2, -0.15) is 0 Å². The highest BCUT2D eigenvalue weighted by Gasteiger charge is 2.21. The van der Waals surface area contributed by atoms with Crippen molar-refractivity contribution in [2.24, 2.45) is 5.73 Å². The van der Waals surface area contributed by atoms with E-state index in [1.165, 1.54) is 11.3 Å². The predicted octanol–water partition coefficient (Wildman–Crippen LogP) is 0.745. The molecule has 0 spiro atoms. The Hall–Kier alpha value is -0.470. The summed E-state index contributed by atoms with van der Waals surface area (Å²) in [5.74, 6) is 0. The molecule has 7 heteroatoms. The van der Waals surface area contributed by atoms with Crippen LogP contribution in [-0.2, 0) is 16.6 Å². The van der Waals surface area contributed by atoms with Crippen molar-refractivity contribution in [2.75, 3.05) is 26.7 Å². The van der Waals surface area contributed by atoms with E-state index in [0.29, 0.717) is 22.9 Å². The number of nitrogens with one attached hydrogen (secondary N) is 1. The second-order valence-corrected chi connectivity index (χ2v) is 6.84. The molecule has 1 rings (SSSR count). The number of likely N-dealkylation sites (N-methyl/N-ethyl adjacent to an activating group) is 1. The maximum absolute atomic E-state index is 12.2. The maximum Gasteiger partial charge on any atom is 0.242 e. The minimum Gasteiger partial charge on any atom is -0.326 e. The number of nitrogens with two attached hydrogens (primary N) is 1. The van der Waals surface area contributed by atoms with Crippen LogP contribution < -0.4 is 10.5 Å². The second kappa shape index (κ2) is 6.63. The first-order valence-electron chi connectivity index (χ1n) is 5.87. The average Bonchev–Trinajstić information content (AvgIpc) is 2.70. The molecule has 0 aliphatic carbocycles. The minimum atomic E-state index is -3.44. The van der Waals surface area contributed by atoms with Crippen molar-refractivity contribution < 1.29 is 8.42 Å². The number of sulfonamides is 1. The Labute approximate surface area is 113 Å². The molecule has 1 aromatic heterocycles. The van der Waals surface area contributed by atoms with E-state index in [9.17, 15) is 8.42 Å². The Balaban J connectivity index is 2.77. The minimum absolute atomic E-state index is 0.254. The molecule has 0 unspecified atom stereocenters. The lowest BCUT2D eigenvalue weighted by atomic mass is 10.3. The van der Waals surface area contributed by atoms with Crippen LogP contribution >= 0.6 is 11.3 Å². The van der Waals surface area contributed by atoms with Crippen LogP contribution in [0.1, 0.15) is 17.4 Å². The van der Waals surface area contributed by atoms with Gasteiger partial charge in [-0.1, -0.05) is 6.92 Å². The van der Waals surface area contributed by atoms with E-state index in [4.69, 9.17) is 5.73 Å². The van der Waals surface area contributed by atoms with Crippen molar-refractivity contribution in [1.82, 2.24) is 9.62 Å². The lowest BCUT2D eigenvalue weighted by Gasteiger charge is -2.14. The molecule has 18 heavy (non-hydrogen) atoms. The van der Waals surface area contributed by atoms with Crippen LogP contribution in [-0.4, -0.2) is 40.0 Å². The number of nitrogens with zero attached hydrogens (tertiary/aromatic N) is 1. The summed E-state index contributed by atoms with van der Waals surface area (Å²) in [6.45, 7) is 6.08. The standard InChI is InChI=1S/C11H21N3O2S2/c1-4-14(3)6-5-13-18(15,16)11-9(2)8-17-10(11)7-12/h8,13H,4-7,12H2,1-3H3. The van der Waals surface area contributed by atoms with Gasteiger partial charge in [0, 0.05) is 24.5 Å². The summed E-state index contributed by atoms with van der Waals surface area (Å²) in [7, 11) is -1.49. The van der Waals surface area contributed by atoms with Crippen molar-refractivity contribution >= 4 is 21.4 Å². The first-order chi connectivity index (χ1) is 8.42. The molecule has 104 valence electrons. The largest absolute Gasteiger partial charge is 0.326 e. The van der Waals surface area contributed by atoms with Gasteiger partial charge in [-0.25, -0.2) is 13.1 Å². The lowest BCUT2D eigenvalue weighted by molar-refractivity contribution is 0.358. The third-order valence-corrected chi connectivity index (χ3v) is 5.71. The van der Waals surface area contributed by atoms with Gasteiger partial charge in [-0.15, -0.1) is 11.3 Å². The summed E-state index contributed by atoms with van der Waals surface area (Å²) in [5, 5.41) is 1.83. The third-order valence-electron chi connectivity index (χ3n) is 2.77. The highest BCUT2D eigenvalue weighted by atomic mass is 32.2. The van der Waals surface area contributed by atoms with Gasteiger partial charge in [0.1, 0.15) is 4.90 Å². The Bertz CT molecular complexity index is 482. The fourth-order valence-corrected chi connectivity index (χ4v) is 4.31. The molecule has 0 bridgehead atoms. The zero-order valence-corrected chi connectivity index (χ0v) is 12.7. The Kier molecular flexibility index (Phi) is 5.74. The van der Waals surface area contributed by atoms with E-state index in [2.05, 4.69) is 4.72 Å². The van der Waals surface area contributed by atoms with Gasteiger partial charge in [0.15, 0.2) is 0 Å². The number of thiophene rings is 1. The maximum atomic E-state index is 12.2. The van der Waals surface area contributed by atoms with Gasteiger partial charge in [0.2, 0.25) is 10.0 Å². The smallest absolute Gasteiger partial charge is 0.242 e. The first-order valence-corrected chi connectivity index (χ1v) is 8.24. The summed E-state index contributed by atoms with van der Waals surface area (Å²) in [6, 6.07) is 0. The van der Waals surface area contributed by atoms with Gasteiger partial charge < -0.3 is 10.6 Å². The van der Waals surface area contributed by atoms with Gasteiger partial charge in [0.25, 0.3) is 0 Å². The molecule has 0 aliphatic rings. The summed E-state index contributed by atoms with van der Waals surface area (Å²) in [4.78, 5) is 3.12. The highest BCUT2D eigenvalue weighted by Crippen LogP contribution is 2.26. The predicted molar refractivity (Wildman–Crippen MR) is 75.3 cm³/mol. The summed E-state index contributed by atoms with van der Waals surface area (Å²) in [5.41, 5.74) is 6.33. The SMILES string of the molecule is CCN(C)CCNS(=O)(=O)c1c(C)csc1CN. The second-order valence-electron chi connectivity index (χ2n) is 4.17. The van der Waals surface area contributed by atoms with Crippen molar-refractivity contribution in [3.63, 3.8) is 0 Å². The first kappa shape index (κ1) is 15.6. The summed E-state index contributed by atoms with van der Waals surface area (Å²) < 4.78 is 27.0. The van der Waals surface area contributed by atoms with Crippen LogP contribution in [0.2, 0.25) is 0 Å². The summed E-state index contributed by atoms with van der Waals surface area (Å²) >= 11 is 1.39. The molecule has 0 saturated heterocycles. The molecular formula is C11H21N3O2S2. The Morgan fingerprint density at radius 2 is 2.17 bits per heavy atom. The molecular weight excluding hydrogens is 270 g/mol. The monoisotopic (exact) mass is 291 g/mol. The van der Waals surface area contributed by atoms with Gasteiger partial charge in [0.05, 0.1) is 0 Å². The van der Waals surface area contributed by atoms with Gasteiger partial charge >= 0.3 is 0 Å². The number of hydrogen-bond donors (Lipinski definition) is 2. The van der Waals surface area contributed by atoms with E-state index in [0.717, 1.165) is 12.1 Å². The zero-order valence-electron chi connectivity index (χ0n) is 11.1. The van der Waals surface area contributed by atoms with Crippen LogP contribution in [0.3, 0.4) is 0 Å². The van der Waals surface area contributed by atoms with Crippen LogP contribution in [0.4, 0.5) is 0 Å². The van der Waals surface area contributed by atoms with Crippen molar-refractivity contribution in [2.45, 2.75) is 25.3 Å². The Morgan fingerprint density at radius 3 is 2.72 bits per heavy atom. The molecule has 0 fully saturated rings. The lowest BCUT2D eigenvalue weighted by Crippen LogP contribution is -2.33. The molecule has 0 radical (unpaired) electrons. The molecule has 5 nitrogen and oxygen atoms in total. The van der Waals surface area contributed by atoms with Gasteiger partial charge in [-0.05, 0) is 31.5 Å². The van der Waals surface area contributed by atoms with Gasteiger partial charge in [-0.3, -0.25) is 0 Å². The van der Waals surface area contributed by atoms with Crippen LogP contribution in [0.25, 0.3) is 0 Å². The number of aryl methyl sites for hydroxylation is 1. The van der Waals surface area contributed by atoms with Crippen LogP contribution in [0.5, 0.6) is 0 Å². The molecule has 3 N–H and O–H groups in total. The van der Waals surface area contributed by atoms with Crippen molar-refractivity contribution in [1.29, 1.82) is 0 Å². The van der Waals surface area contributed by atoms with Crippen molar-refractivity contribution in [3.8, 4) is 0 Å². The molecule has 0 aliphatic heterocycles. The molecule has 1 aromatic rings. The topological polar surface area (TPSA) is 75.4 Å². The number of hydrogen-bond acceptors (Lipinski definition) is 5.